The van der Waals surface area contributed by atoms with Crippen molar-refractivity contribution in [3.63, 3.8) is 0 Å². The lowest BCUT2D eigenvalue weighted by Gasteiger charge is -2.26. The third kappa shape index (κ3) is 8.41. The zero-order valence-corrected chi connectivity index (χ0v) is 20.1. The van der Waals surface area contributed by atoms with Gasteiger partial charge in [-0.2, -0.15) is 0 Å². The van der Waals surface area contributed by atoms with Crippen LogP contribution in [0.15, 0.2) is 4.79 Å². The molecule has 0 bridgehead atoms. The van der Waals surface area contributed by atoms with Gasteiger partial charge in [0.15, 0.2) is 0 Å². The molecule has 0 aliphatic heterocycles. The van der Waals surface area contributed by atoms with Crippen LogP contribution in [0, 0.1) is 11.3 Å². The highest BCUT2D eigenvalue weighted by Gasteiger charge is 2.30. The minimum Gasteiger partial charge on any atom is -0.493 e. The summed E-state index contributed by atoms with van der Waals surface area (Å²) in [6, 6.07) is 0. The van der Waals surface area contributed by atoms with Crippen LogP contribution in [-0.2, 0) is 22.5 Å². The standard InChI is InChI=1S/C24H42N2O8/c27-14-24(15-28,16-29)17-34-21(31)11-7-2-1-6-10-19-22(32)25-23(33)26(19)13-12-20(30)18-8-4-3-5-9-18/h18,20,27-30,32H,1-17H2,(H,25,33). The van der Waals surface area contributed by atoms with Gasteiger partial charge < -0.3 is 30.3 Å². The molecule has 1 aliphatic rings. The first-order valence-corrected chi connectivity index (χ1v) is 12.5. The quantitative estimate of drug-likeness (QED) is 0.150. The van der Waals surface area contributed by atoms with Crippen LogP contribution in [0.2, 0.25) is 0 Å². The van der Waals surface area contributed by atoms with Gasteiger partial charge in [-0.3, -0.25) is 14.3 Å². The number of ether oxygens (including phenoxy) is 1. The van der Waals surface area contributed by atoms with E-state index in [0.717, 1.165) is 44.9 Å². The number of imidazole rings is 1. The van der Waals surface area contributed by atoms with E-state index in [4.69, 9.17) is 4.74 Å². The van der Waals surface area contributed by atoms with Crippen molar-refractivity contribution in [2.75, 3.05) is 26.4 Å². The second-order valence-electron chi connectivity index (χ2n) is 9.68. The number of unbranched alkanes of at least 4 members (excludes halogenated alkanes) is 3. The fourth-order valence-corrected chi connectivity index (χ4v) is 4.51. The van der Waals surface area contributed by atoms with Crippen LogP contribution < -0.4 is 5.69 Å². The van der Waals surface area contributed by atoms with Crippen LogP contribution in [0.5, 0.6) is 5.88 Å². The molecule has 1 aliphatic carbocycles. The summed E-state index contributed by atoms with van der Waals surface area (Å²) in [6.07, 6.45) is 9.21. The molecular formula is C24H42N2O8. The van der Waals surface area contributed by atoms with Gasteiger partial charge in [-0.15, -0.1) is 0 Å². The van der Waals surface area contributed by atoms with Gasteiger partial charge in [0.1, 0.15) is 6.61 Å². The Balaban J connectivity index is 1.69. The smallest absolute Gasteiger partial charge is 0.328 e. The molecule has 1 atom stereocenters. The van der Waals surface area contributed by atoms with Crippen LogP contribution in [0.1, 0.15) is 76.3 Å². The number of H-pyrrole nitrogens is 1. The predicted molar refractivity (Wildman–Crippen MR) is 125 cm³/mol. The Labute approximate surface area is 200 Å². The Kier molecular flexibility index (Phi) is 12.1. The largest absolute Gasteiger partial charge is 0.493 e. The molecule has 0 spiro atoms. The molecule has 1 aromatic rings. The van der Waals surface area contributed by atoms with Crippen molar-refractivity contribution >= 4 is 5.97 Å². The first-order chi connectivity index (χ1) is 16.4. The Morgan fingerprint density at radius 3 is 2.35 bits per heavy atom. The molecular weight excluding hydrogens is 444 g/mol. The molecule has 0 radical (unpaired) electrons. The maximum Gasteiger partial charge on any atom is 0.328 e. The summed E-state index contributed by atoms with van der Waals surface area (Å²) in [4.78, 5) is 26.5. The Morgan fingerprint density at radius 1 is 1.06 bits per heavy atom. The molecule has 1 saturated carbocycles. The number of aliphatic hydroxyl groups is 4. The fourth-order valence-electron chi connectivity index (χ4n) is 4.51. The molecule has 6 N–H and O–H groups in total. The summed E-state index contributed by atoms with van der Waals surface area (Å²) >= 11 is 0. The number of nitrogens with zero attached hydrogens (tertiary/aromatic N) is 1. The first-order valence-electron chi connectivity index (χ1n) is 12.5. The van der Waals surface area contributed by atoms with Crippen LogP contribution in [0.25, 0.3) is 0 Å². The predicted octanol–water partition coefficient (Wildman–Crippen LogP) is 1.21. The number of esters is 1. The van der Waals surface area contributed by atoms with E-state index in [1.165, 1.54) is 11.0 Å². The van der Waals surface area contributed by atoms with Crippen molar-refractivity contribution in [1.29, 1.82) is 0 Å². The third-order valence-electron chi connectivity index (χ3n) is 7.00. The summed E-state index contributed by atoms with van der Waals surface area (Å²) in [7, 11) is 0. The molecule has 2 rings (SSSR count). The zero-order chi connectivity index (χ0) is 25.0. The van der Waals surface area contributed by atoms with Gasteiger partial charge >= 0.3 is 11.7 Å². The number of hydrogen-bond donors (Lipinski definition) is 6. The maximum absolute atomic E-state index is 12.2. The van der Waals surface area contributed by atoms with Gasteiger partial charge in [0.25, 0.3) is 0 Å². The highest BCUT2D eigenvalue weighted by molar-refractivity contribution is 5.69. The van der Waals surface area contributed by atoms with Crippen molar-refractivity contribution in [3.05, 3.63) is 16.2 Å². The second-order valence-corrected chi connectivity index (χ2v) is 9.68. The van der Waals surface area contributed by atoms with Crippen LogP contribution in [0.3, 0.4) is 0 Å². The molecule has 196 valence electrons. The van der Waals surface area contributed by atoms with Crippen molar-refractivity contribution < 1.29 is 35.1 Å². The van der Waals surface area contributed by atoms with Crippen LogP contribution in [0.4, 0.5) is 0 Å². The molecule has 0 saturated heterocycles. The number of carbonyl (C=O) groups excluding carboxylic acids is 1. The van der Waals surface area contributed by atoms with Crippen LogP contribution in [-0.4, -0.2) is 73.6 Å². The lowest BCUT2D eigenvalue weighted by atomic mass is 9.84. The summed E-state index contributed by atoms with van der Waals surface area (Å²) in [6.45, 7) is -1.32. The maximum atomic E-state index is 12.2. The normalized spacial score (nSPS) is 16.0. The molecule has 10 nitrogen and oxygen atoms in total. The van der Waals surface area contributed by atoms with E-state index < -0.39 is 37.3 Å². The molecule has 1 fully saturated rings. The lowest BCUT2D eigenvalue weighted by Crippen LogP contribution is -2.39. The highest BCUT2D eigenvalue weighted by Crippen LogP contribution is 2.28. The van der Waals surface area contributed by atoms with E-state index in [2.05, 4.69) is 4.98 Å². The number of rotatable bonds is 16. The molecule has 10 heteroatoms. The van der Waals surface area contributed by atoms with E-state index in [-0.39, 0.29) is 24.6 Å². The van der Waals surface area contributed by atoms with E-state index in [1.807, 2.05) is 0 Å². The Bertz CT molecular complexity index is 772. The number of hydrogen-bond acceptors (Lipinski definition) is 8. The second kappa shape index (κ2) is 14.5. The van der Waals surface area contributed by atoms with Crippen molar-refractivity contribution in [3.8, 4) is 5.88 Å². The molecule has 1 aromatic heterocycles. The monoisotopic (exact) mass is 486 g/mol. The summed E-state index contributed by atoms with van der Waals surface area (Å²) in [5.41, 5.74) is -1.04. The Morgan fingerprint density at radius 2 is 1.71 bits per heavy atom. The topological polar surface area (TPSA) is 165 Å². The van der Waals surface area contributed by atoms with Gasteiger partial charge in [-0.25, -0.2) is 4.79 Å². The number of aromatic nitrogens is 2. The van der Waals surface area contributed by atoms with E-state index in [0.29, 0.717) is 37.4 Å². The molecule has 1 unspecified atom stereocenters. The van der Waals surface area contributed by atoms with Crippen LogP contribution >= 0.6 is 0 Å². The summed E-state index contributed by atoms with van der Waals surface area (Å²) in [5, 5.41) is 48.4. The fraction of sp³-hybridized carbons (Fsp3) is 0.833. The molecule has 0 amide bonds. The lowest BCUT2D eigenvalue weighted by molar-refractivity contribution is -0.151. The number of nitrogens with one attached hydrogen (secondary N) is 1. The molecule has 1 heterocycles. The SMILES string of the molecule is O=C(CCCCCCc1c(O)[nH]c(=O)n1CCC(O)C1CCCCC1)OCC(CO)(CO)CO. The van der Waals surface area contributed by atoms with Gasteiger partial charge in [0.05, 0.1) is 37.0 Å². The van der Waals surface area contributed by atoms with E-state index in [1.54, 1.807) is 0 Å². The summed E-state index contributed by atoms with van der Waals surface area (Å²) in [5.74, 6) is -0.284. The third-order valence-corrected chi connectivity index (χ3v) is 7.00. The van der Waals surface area contributed by atoms with Crippen molar-refractivity contribution in [2.24, 2.45) is 11.3 Å². The number of aromatic hydroxyl groups is 1. The number of carbonyl (C=O) groups is 1. The average Bonchev–Trinajstić information content (AvgIpc) is 3.13. The summed E-state index contributed by atoms with van der Waals surface area (Å²) < 4.78 is 6.59. The van der Waals surface area contributed by atoms with E-state index >= 15 is 0 Å². The highest BCUT2D eigenvalue weighted by atomic mass is 16.5. The Hall–Kier alpha value is -1.88. The number of aliphatic hydroxyl groups excluding tert-OH is 4. The molecule has 0 aromatic carbocycles. The number of aromatic amines is 1. The van der Waals surface area contributed by atoms with E-state index in [9.17, 15) is 35.1 Å². The van der Waals surface area contributed by atoms with Gasteiger partial charge in [0.2, 0.25) is 5.88 Å². The average molecular weight is 487 g/mol. The van der Waals surface area contributed by atoms with Gasteiger partial charge in [0, 0.05) is 13.0 Å². The van der Waals surface area contributed by atoms with Crippen molar-refractivity contribution in [2.45, 2.75) is 89.7 Å². The van der Waals surface area contributed by atoms with Gasteiger partial charge in [-0.05, 0) is 44.4 Å². The van der Waals surface area contributed by atoms with Crippen molar-refractivity contribution in [1.82, 2.24) is 9.55 Å². The minimum absolute atomic E-state index is 0.124. The first kappa shape index (κ1) is 28.4. The zero-order valence-electron chi connectivity index (χ0n) is 20.1. The van der Waals surface area contributed by atoms with Gasteiger partial charge in [-0.1, -0.05) is 32.1 Å². The minimum atomic E-state index is -1.23. The molecule has 34 heavy (non-hydrogen) atoms.